The summed E-state index contributed by atoms with van der Waals surface area (Å²) in [4.78, 5) is 4.64. The maximum atomic E-state index is 6.28. The van der Waals surface area contributed by atoms with Gasteiger partial charge in [-0.1, -0.05) is 29.8 Å². The Morgan fingerprint density at radius 1 is 1.33 bits per heavy atom. The minimum absolute atomic E-state index is 0. The average Bonchev–Trinajstić information content (AvgIpc) is 2.65. The van der Waals surface area contributed by atoms with Crippen molar-refractivity contribution in [1.29, 1.82) is 0 Å². The van der Waals surface area contributed by atoms with E-state index in [0.29, 0.717) is 5.92 Å². The van der Waals surface area contributed by atoms with Crippen LogP contribution >= 0.6 is 35.6 Å². The molecule has 1 aromatic rings. The summed E-state index contributed by atoms with van der Waals surface area (Å²) in [5, 5.41) is 7.47. The fourth-order valence-electron chi connectivity index (χ4n) is 2.95. The van der Waals surface area contributed by atoms with Gasteiger partial charge in [-0.05, 0) is 50.7 Å². The molecule has 0 spiro atoms. The van der Waals surface area contributed by atoms with Crippen LogP contribution < -0.4 is 10.6 Å². The summed E-state index contributed by atoms with van der Waals surface area (Å²) in [6.07, 6.45) is 3.15. The number of halogens is 2. The van der Waals surface area contributed by atoms with Crippen molar-refractivity contribution in [3.05, 3.63) is 34.9 Å². The van der Waals surface area contributed by atoms with Crippen molar-refractivity contribution in [1.82, 2.24) is 10.6 Å². The van der Waals surface area contributed by atoms with Crippen molar-refractivity contribution < 1.29 is 9.47 Å². The number of nitrogens with zero attached hydrogens (tertiary/aromatic N) is 1. The molecule has 5 nitrogen and oxygen atoms in total. The Labute approximate surface area is 185 Å². The monoisotopic (exact) mass is 509 g/mol. The van der Waals surface area contributed by atoms with E-state index < -0.39 is 0 Å². The molecule has 154 valence electrons. The predicted molar refractivity (Wildman–Crippen MR) is 123 cm³/mol. The summed E-state index contributed by atoms with van der Waals surface area (Å²) < 4.78 is 11.2. The van der Waals surface area contributed by atoms with Crippen molar-refractivity contribution in [3.63, 3.8) is 0 Å². The fraction of sp³-hybridized carbons (Fsp3) is 0.650. The Morgan fingerprint density at radius 3 is 2.78 bits per heavy atom. The molecule has 0 aliphatic carbocycles. The second kappa shape index (κ2) is 14.4. The first-order valence-electron chi connectivity index (χ1n) is 9.65. The van der Waals surface area contributed by atoms with E-state index in [1.807, 2.05) is 24.3 Å². The molecule has 0 saturated carbocycles. The van der Waals surface area contributed by atoms with Gasteiger partial charge in [0.1, 0.15) is 0 Å². The standard InChI is InChI=1S/C20H32ClN3O2.HI/c1-3-22-20(24-16(2)18-7-4-5-8-19(18)21)23-11-6-12-26-15-17-9-13-25-14-10-17;/h4-5,7-8,16-17H,3,6,9-15H2,1-2H3,(H2,22,23,24);1H. The smallest absolute Gasteiger partial charge is 0.191 e. The highest BCUT2D eigenvalue weighted by atomic mass is 127. The van der Waals surface area contributed by atoms with Gasteiger partial charge in [0.25, 0.3) is 0 Å². The van der Waals surface area contributed by atoms with Gasteiger partial charge in [0.05, 0.1) is 6.04 Å². The predicted octanol–water partition coefficient (Wildman–Crippen LogP) is 4.41. The average molecular weight is 510 g/mol. The van der Waals surface area contributed by atoms with Gasteiger partial charge < -0.3 is 20.1 Å². The summed E-state index contributed by atoms with van der Waals surface area (Å²) in [6, 6.07) is 7.98. The molecule has 0 bridgehead atoms. The van der Waals surface area contributed by atoms with E-state index in [-0.39, 0.29) is 30.0 Å². The Bertz CT molecular complexity index is 554. The molecule has 27 heavy (non-hydrogen) atoms. The number of nitrogens with one attached hydrogen (secondary N) is 2. The van der Waals surface area contributed by atoms with Crippen LogP contribution in [0.5, 0.6) is 0 Å². The Hall–Kier alpha value is -0.570. The number of hydrogen-bond acceptors (Lipinski definition) is 3. The third kappa shape index (κ3) is 9.45. The number of rotatable bonds is 9. The van der Waals surface area contributed by atoms with E-state index in [0.717, 1.165) is 75.3 Å². The molecule has 1 atom stereocenters. The van der Waals surface area contributed by atoms with Gasteiger partial charge >= 0.3 is 0 Å². The molecule has 1 unspecified atom stereocenters. The second-order valence-corrected chi connectivity index (χ2v) is 7.04. The van der Waals surface area contributed by atoms with Gasteiger partial charge in [-0.2, -0.15) is 0 Å². The summed E-state index contributed by atoms with van der Waals surface area (Å²) in [5.74, 6) is 1.46. The lowest BCUT2D eigenvalue weighted by molar-refractivity contribution is 0.0205. The number of hydrogen-bond donors (Lipinski definition) is 2. The van der Waals surface area contributed by atoms with E-state index in [2.05, 4.69) is 29.5 Å². The van der Waals surface area contributed by atoms with Gasteiger partial charge in [0, 0.05) is 44.5 Å². The fourth-order valence-corrected chi connectivity index (χ4v) is 3.25. The van der Waals surface area contributed by atoms with Crippen LogP contribution in [0.15, 0.2) is 29.3 Å². The molecule has 1 fully saturated rings. The number of benzene rings is 1. The Kier molecular flexibility index (Phi) is 13.1. The van der Waals surface area contributed by atoms with Crippen LogP contribution in [0.3, 0.4) is 0 Å². The van der Waals surface area contributed by atoms with Gasteiger partial charge in [-0.15, -0.1) is 24.0 Å². The molecule has 1 aliphatic heterocycles. The van der Waals surface area contributed by atoms with Gasteiger partial charge in [-0.25, -0.2) is 0 Å². The topological polar surface area (TPSA) is 54.9 Å². The SMILES string of the molecule is CCNC(=NCCCOCC1CCOCC1)NC(C)c1ccccc1Cl.I. The largest absolute Gasteiger partial charge is 0.381 e. The summed E-state index contributed by atoms with van der Waals surface area (Å²) in [5.41, 5.74) is 1.07. The van der Waals surface area contributed by atoms with Crippen molar-refractivity contribution in [2.24, 2.45) is 10.9 Å². The van der Waals surface area contributed by atoms with Crippen LogP contribution in [0.2, 0.25) is 5.02 Å². The van der Waals surface area contributed by atoms with Crippen molar-refractivity contribution in [2.45, 2.75) is 39.2 Å². The lowest BCUT2D eigenvalue weighted by atomic mass is 10.0. The zero-order chi connectivity index (χ0) is 18.6. The first-order chi connectivity index (χ1) is 12.7. The van der Waals surface area contributed by atoms with E-state index in [9.17, 15) is 0 Å². The van der Waals surface area contributed by atoms with Gasteiger partial charge in [-0.3, -0.25) is 4.99 Å². The lowest BCUT2D eigenvalue weighted by Gasteiger charge is -2.21. The summed E-state index contributed by atoms with van der Waals surface area (Å²) in [7, 11) is 0. The third-order valence-electron chi connectivity index (χ3n) is 4.48. The normalized spacial score (nSPS) is 16.5. The molecule has 1 aromatic carbocycles. The highest BCUT2D eigenvalue weighted by Gasteiger charge is 2.13. The second-order valence-electron chi connectivity index (χ2n) is 6.63. The molecule has 7 heteroatoms. The number of guanidine groups is 1. The zero-order valence-electron chi connectivity index (χ0n) is 16.4. The minimum atomic E-state index is 0. The molecule has 2 N–H and O–H groups in total. The summed E-state index contributed by atoms with van der Waals surface area (Å²) in [6.45, 7) is 9.05. The Morgan fingerprint density at radius 2 is 2.07 bits per heavy atom. The molecule has 0 radical (unpaired) electrons. The summed E-state index contributed by atoms with van der Waals surface area (Å²) >= 11 is 6.28. The van der Waals surface area contributed by atoms with Crippen LogP contribution in [0.25, 0.3) is 0 Å². The van der Waals surface area contributed by atoms with Crippen molar-refractivity contribution in [3.8, 4) is 0 Å². The maximum absolute atomic E-state index is 6.28. The van der Waals surface area contributed by atoms with Crippen LogP contribution in [-0.4, -0.2) is 45.5 Å². The van der Waals surface area contributed by atoms with E-state index in [1.54, 1.807) is 0 Å². The molecule has 0 amide bonds. The maximum Gasteiger partial charge on any atom is 0.191 e. The zero-order valence-corrected chi connectivity index (χ0v) is 19.5. The Balaban J connectivity index is 0.00000364. The minimum Gasteiger partial charge on any atom is -0.381 e. The number of aliphatic imine (C=N–C) groups is 1. The highest BCUT2D eigenvalue weighted by Crippen LogP contribution is 2.21. The molecule has 1 saturated heterocycles. The highest BCUT2D eigenvalue weighted by molar-refractivity contribution is 14.0. The van der Waals surface area contributed by atoms with Crippen molar-refractivity contribution >= 4 is 41.5 Å². The molecular weight excluding hydrogens is 477 g/mol. The molecule has 0 aromatic heterocycles. The molecule has 1 heterocycles. The van der Waals surface area contributed by atoms with E-state index >= 15 is 0 Å². The van der Waals surface area contributed by atoms with Gasteiger partial charge in [0.15, 0.2) is 5.96 Å². The van der Waals surface area contributed by atoms with Crippen LogP contribution in [-0.2, 0) is 9.47 Å². The molecule has 2 rings (SSSR count). The first-order valence-corrected chi connectivity index (χ1v) is 10.0. The quantitative estimate of drug-likeness (QED) is 0.224. The van der Waals surface area contributed by atoms with Crippen LogP contribution in [0.4, 0.5) is 0 Å². The van der Waals surface area contributed by atoms with Crippen molar-refractivity contribution in [2.75, 3.05) is 39.5 Å². The number of ether oxygens (including phenoxy) is 2. The first kappa shape index (κ1) is 24.5. The van der Waals surface area contributed by atoms with Crippen LogP contribution in [0.1, 0.15) is 44.7 Å². The molecule has 1 aliphatic rings. The van der Waals surface area contributed by atoms with E-state index in [4.69, 9.17) is 21.1 Å². The van der Waals surface area contributed by atoms with E-state index in [1.165, 1.54) is 0 Å². The van der Waals surface area contributed by atoms with Crippen LogP contribution in [0, 0.1) is 5.92 Å². The van der Waals surface area contributed by atoms with Gasteiger partial charge in [0.2, 0.25) is 0 Å². The molecular formula is C20H33ClIN3O2. The lowest BCUT2D eigenvalue weighted by Crippen LogP contribution is -2.39. The third-order valence-corrected chi connectivity index (χ3v) is 4.82.